The van der Waals surface area contributed by atoms with Crippen LogP contribution in [-0.4, -0.2) is 110 Å². The van der Waals surface area contributed by atoms with Crippen LogP contribution in [-0.2, 0) is 32.7 Å². The fourth-order valence-electron chi connectivity index (χ4n) is 6.36. The average Bonchev–Trinajstić information content (AvgIpc) is 3.25. The first-order valence-electron chi connectivity index (χ1n) is 22.8. The van der Waals surface area contributed by atoms with Gasteiger partial charge in [-0.15, -0.1) is 0 Å². The number of phosphoric acid groups is 1. The van der Waals surface area contributed by atoms with Crippen LogP contribution in [0.25, 0.3) is 0 Å². The Bertz CT molecular complexity index is 1380. The lowest BCUT2D eigenvalue weighted by Crippen LogP contribution is -2.64. The van der Waals surface area contributed by atoms with Gasteiger partial charge in [-0.05, 0) is 70.6 Å². The number of aliphatic hydroxyl groups is 6. The van der Waals surface area contributed by atoms with Crippen LogP contribution in [0.4, 0.5) is 0 Å². The average molecular weight is 899 g/mol. The third-order valence-electron chi connectivity index (χ3n) is 10.1. The van der Waals surface area contributed by atoms with E-state index in [9.17, 15) is 49.7 Å². The maximum Gasteiger partial charge on any atom is 0.472 e. The molecule has 7 N–H and O–H groups in total. The van der Waals surface area contributed by atoms with Crippen LogP contribution in [0.2, 0.25) is 0 Å². The minimum atomic E-state index is -5.15. The zero-order valence-corrected chi connectivity index (χ0v) is 38.1. The molecule has 0 saturated heterocycles. The molecule has 1 rings (SSSR count). The van der Waals surface area contributed by atoms with Crippen molar-refractivity contribution in [1.82, 2.24) is 0 Å². The summed E-state index contributed by atoms with van der Waals surface area (Å²) in [5.74, 6) is -1.21. The molecule has 9 atom stereocenters. The highest BCUT2D eigenvalue weighted by Crippen LogP contribution is 2.47. The predicted octanol–water partition coefficient (Wildman–Crippen LogP) is 7.69. The third kappa shape index (κ3) is 28.8. The van der Waals surface area contributed by atoms with Crippen molar-refractivity contribution in [2.75, 3.05) is 13.2 Å². The number of aliphatic hydroxyl groups excluding tert-OH is 6. The Morgan fingerprint density at radius 1 is 0.581 bits per heavy atom. The minimum Gasteiger partial charge on any atom is -0.462 e. The van der Waals surface area contributed by atoms with E-state index in [1.165, 1.54) is 19.3 Å². The Kier molecular flexibility index (Phi) is 33.8. The predicted molar refractivity (Wildman–Crippen MR) is 241 cm³/mol. The first-order chi connectivity index (χ1) is 29.8. The van der Waals surface area contributed by atoms with Crippen molar-refractivity contribution in [3.05, 3.63) is 72.9 Å². The number of unbranched alkanes of at least 4 members (excludes halogenated alkanes) is 11. The molecule has 0 radical (unpaired) electrons. The van der Waals surface area contributed by atoms with Crippen molar-refractivity contribution in [1.29, 1.82) is 0 Å². The van der Waals surface area contributed by atoms with Crippen molar-refractivity contribution < 1.29 is 68.2 Å². The van der Waals surface area contributed by atoms with Crippen molar-refractivity contribution >= 4 is 19.8 Å². The molecule has 0 heterocycles. The van der Waals surface area contributed by atoms with Gasteiger partial charge in [-0.3, -0.25) is 18.6 Å². The van der Waals surface area contributed by atoms with Gasteiger partial charge in [0.2, 0.25) is 0 Å². The molecule has 0 spiro atoms. The van der Waals surface area contributed by atoms with Gasteiger partial charge in [-0.1, -0.05) is 138 Å². The van der Waals surface area contributed by atoms with Crippen molar-refractivity contribution in [3.63, 3.8) is 0 Å². The standard InChI is InChI=1S/C47H79O14P/c1-3-5-7-8-9-10-11-12-13-14-17-20-23-26-30-34-40(49)58-36-39(37-59-62(56,57)61-47-45(54)43(52)42(51)44(53)46(47)55)60-41(50)35-31-27-24-21-18-15-16-19-22-25-29-33-38(48)32-28-6-4-2/h9-10,12-13,15-16,21-22,24-25,29,33,38-39,42-48,51-55H,3-8,11,14,17-20,23,26-28,30-32,34-37H2,1-2H3,(H,56,57)/b10-9-,13-12-,16-15-,24-21-,25-22-,33-29+/t38-,39+,42?,43-,44+,45+,46+,47?/m0/s1. The number of phosphoric ester groups is 1. The van der Waals surface area contributed by atoms with Gasteiger partial charge in [0.25, 0.3) is 0 Å². The lowest BCUT2D eigenvalue weighted by atomic mass is 9.85. The highest BCUT2D eigenvalue weighted by molar-refractivity contribution is 7.47. The summed E-state index contributed by atoms with van der Waals surface area (Å²) in [5.41, 5.74) is 0. The second-order valence-corrected chi connectivity index (χ2v) is 17.2. The lowest BCUT2D eigenvalue weighted by Gasteiger charge is -2.41. The zero-order chi connectivity index (χ0) is 45.9. The Hall–Kier alpha value is -2.75. The number of carbonyl (C=O) groups is 2. The normalized spacial score (nSPS) is 23.0. The number of allylic oxidation sites excluding steroid dienone is 11. The molecule has 0 aliphatic heterocycles. The van der Waals surface area contributed by atoms with Crippen LogP contribution >= 0.6 is 7.82 Å². The second-order valence-electron chi connectivity index (χ2n) is 15.7. The molecule has 0 aromatic heterocycles. The van der Waals surface area contributed by atoms with E-state index in [1.54, 1.807) is 6.08 Å². The number of hydrogen-bond donors (Lipinski definition) is 7. The van der Waals surface area contributed by atoms with Crippen LogP contribution in [0.5, 0.6) is 0 Å². The van der Waals surface area contributed by atoms with Crippen LogP contribution in [0, 0.1) is 0 Å². The summed E-state index contributed by atoms with van der Waals surface area (Å²) in [4.78, 5) is 35.7. The van der Waals surface area contributed by atoms with Gasteiger partial charge in [-0.2, -0.15) is 0 Å². The quantitative estimate of drug-likeness (QED) is 0.0105. The lowest BCUT2D eigenvalue weighted by molar-refractivity contribution is -0.220. The highest BCUT2D eigenvalue weighted by atomic mass is 31.2. The maximum atomic E-state index is 12.8. The van der Waals surface area contributed by atoms with Crippen molar-refractivity contribution in [2.24, 2.45) is 0 Å². The molecule has 0 aromatic rings. The van der Waals surface area contributed by atoms with Gasteiger partial charge in [0, 0.05) is 12.8 Å². The fraction of sp³-hybridized carbons (Fsp3) is 0.702. The smallest absolute Gasteiger partial charge is 0.462 e. The third-order valence-corrected chi connectivity index (χ3v) is 11.1. The fourth-order valence-corrected chi connectivity index (χ4v) is 7.33. The number of hydrogen-bond acceptors (Lipinski definition) is 13. The SMILES string of the molecule is CCCCC/C=C\C/C=C\CCCCCCCC(=O)OC[C@H](COP(=O)(O)OC1[C@H](O)[C@H](O)C(O)[C@H](O)[C@H]1O)OC(=O)CCC/C=C\C/C=C\C/C=C\C=C\[C@@H](O)CCCCC. The monoisotopic (exact) mass is 899 g/mol. The van der Waals surface area contributed by atoms with Gasteiger partial charge in [-0.25, -0.2) is 4.57 Å². The number of esters is 2. The van der Waals surface area contributed by atoms with Gasteiger partial charge < -0.3 is 45.0 Å². The van der Waals surface area contributed by atoms with Gasteiger partial charge in [0.1, 0.15) is 43.2 Å². The first kappa shape index (κ1) is 57.3. The molecule has 1 fully saturated rings. The Morgan fingerprint density at radius 2 is 1.08 bits per heavy atom. The van der Waals surface area contributed by atoms with E-state index in [0.717, 1.165) is 77.0 Å². The van der Waals surface area contributed by atoms with E-state index >= 15 is 0 Å². The topological polar surface area (TPSA) is 230 Å². The summed E-state index contributed by atoms with van der Waals surface area (Å²) in [6.07, 6.45) is 28.5. The molecule has 0 amide bonds. The van der Waals surface area contributed by atoms with Crippen molar-refractivity contribution in [2.45, 2.75) is 198 Å². The molecule has 3 unspecified atom stereocenters. The Morgan fingerprint density at radius 3 is 1.71 bits per heavy atom. The van der Waals surface area contributed by atoms with E-state index < -0.39 is 81.8 Å². The highest BCUT2D eigenvalue weighted by Gasteiger charge is 2.51. The molecule has 356 valence electrons. The van der Waals surface area contributed by atoms with Gasteiger partial charge >= 0.3 is 19.8 Å². The molecular weight excluding hydrogens is 819 g/mol. The molecule has 1 aliphatic rings. The van der Waals surface area contributed by atoms with Crippen molar-refractivity contribution in [3.8, 4) is 0 Å². The summed E-state index contributed by atoms with van der Waals surface area (Å²) >= 11 is 0. The van der Waals surface area contributed by atoms with E-state index in [2.05, 4.69) is 38.2 Å². The molecule has 62 heavy (non-hydrogen) atoms. The van der Waals surface area contributed by atoms with Crippen LogP contribution in [0.1, 0.15) is 149 Å². The summed E-state index contributed by atoms with van der Waals surface area (Å²) in [6.45, 7) is 3.07. The van der Waals surface area contributed by atoms with E-state index in [-0.39, 0.29) is 12.8 Å². The molecule has 15 heteroatoms. The maximum absolute atomic E-state index is 12.8. The molecule has 0 bridgehead atoms. The summed E-state index contributed by atoms with van der Waals surface area (Å²) < 4.78 is 33.4. The largest absolute Gasteiger partial charge is 0.472 e. The molecule has 1 saturated carbocycles. The van der Waals surface area contributed by atoms with Gasteiger partial charge in [0.15, 0.2) is 6.10 Å². The number of carbonyl (C=O) groups excluding carboxylic acids is 2. The summed E-state index contributed by atoms with van der Waals surface area (Å²) in [6, 6.07) is 0. The summed E-state index contributed by atoms with van der Waals surface area (Å²) in [5, 5.41) is 60.0. The van der Waals surface area contributed by atoms with Crippen LogP contribution in [0.3, 0.4) is 0 Å². The van der Waals surface area contributed by atoms with Crippen LogP contribution < -0.4 is 0 Å². The number of rotatable bonds is 36. The van der Waals surface area contributed by atoms with E-state index in [0.29, 0.717) is 25.7 Å². The Labute approximate surface area is 370 Å². The Balaban J connectivity index is 2.55. The molecular formula is C47H79O14P. The zero-order valence-electron chi connectivity index (χ0n) is 37.2. The van der Waals surface area contributed by atoms with E-state index in [4.69, 9.17) is 18.5 Å². The first-order valence-corrected chi connectivity index (χ1v) is 24.3. The summed E-state index contributed by atoms with van der Waals surface area (Å²) in [7, 11) is -5.15. The minimum absolute atomic E-state index is 0.00590. The van der Waals surface area contributed by atoms with E-state index in [1.807, 2.05) is 42.5 Å². The molecule has 14 nitrogen and oxygen atoms in total. The number of ether oxygens (including phenoxy) is 2. The van der Waals surface area contributed by atoms with Crippen LogP contribution in [0.15, 0.2) is 72.9 Å². The molecule has 1 aliphatic carbocycles. The van der Waals surface area contributed by atoms with Gasteiger partial charge in [0.05, 0.1) is 12.7 Å². The second kappa shape index (κ2) is 36.6. The molecule has 0 aromatic carbocycles.